The summed E-state index contributed by atoms with van der Waals surface area (Å²) in [5.41, 5.74) is 3.51. The Morgan fingerprint density at radius 2 is 1.84 bits per heavy atom. The minimum absolute atomic E-state index is 0.0394. The molecule has 2 amide bonds. The van der Waals surface area contributed by atoms with Gasteiger partial charge in [0, 0.05) is 25.3 Å². The van der Waals surface area contributed by atoms with Crippen LogP contribution in [-0.4, -0.2) is 48.6 Å². The second kappa shape index (κ2) is 9.23. The zero-order valence-corrected chi connectivity index (χ0v) is 16.6. The van der Waals surface area contributed by atoms with Crippen LogP contribution in [0.25, 0.3) is 0 Å². The predicted molar refractivity (Wildman–Crippen MR) is 107 cm³/mol. The van der Waals surface area contributed by atoms with Crippen molar-refractivity contribution in [3.63, 3.8) is 0 Å². The number of nitrogens with zero attached hydrogens (tertiary/aromatic N) is 2. The first-order valence-electron chi connectivity index (χ1n) is 9.84. The van der Waals surface area contributed by atoms with Crippen LogP contribution in [0.5, 0.6) is 0 Å². The molecule has 25 heavy (non-hydrogen) atoms. The zero-order valence-electron chi connectivity index (χ0n) is 16.6. The van der Waals surface area contributed by atoms with Crippen LogP contribution in [0.3, 0.4) is 0 Å². The van der Waals surface area contributed by atoms with E-state index in [-0.39, 0.29) is 6.03 Å². The van der Waals surface area contributed by atoms with E-state index in [0.29, 0.717) is 11.8 Å². The van der Waals surface area contributed by atoms with Crippen molar-refractivity contribution in [2.75, 3.05) is 38.0 Å². The van der Waals surface area contributed by atoms with Crippen molar-refractivity contribution in [1.29, 1.82) is 0 Å². The normalized spacial score (nSPS) is 16.4. The van der Waals surface area contributed by atoms with E-state index >= 15 is 0 Å². The molecule has 0 bridgehead atoms. The number of urea groups is 1. The Labute approximate surface area is 153 Å². The molecule has 1 saturated heterocycles. The van der Waals surface area contributed by atoms with Gasteiger partial charge in [-0.25, -0.2) is 4.79 Å². The molecule has 1 aliphatic rings. The molecule has 1 aromatic rings. The van der Waals surface area contributed by atoms with E-state index in [9.17, 15) is 4.79 Å². The van der Waals surface area contributed by atoms with Crippen molar-refractivity contribution in [3.05, 3.63) is 29.3 Å². The second-order valence-corrected chi connectivity index (χ2v) is 7.77. The van der Waals surface area contributed by atoms with E-state index in [4.69, 9.17) is 0 Å². The highest BCUT2D eigenvalue weighted by molar-refractivity contribution is 5.90. The molecular weight excluding hydrogens is 310 g/mol. The molecule has 0 atom stereocenters. The standard InChI is InChI=1S/C21H35N3O/c1-6-10-23-11-7-12-24(14-13-23)21(25)22-20-9-8-18(16(2)3)15-19(20)17(4)5/h8-9,15-17H,6-7,10-14H2,1-5H3,(H,22,25). The Kier molecular flexibility index (Phi) is 7.30. The maximum absolute atomic E-state index is 12.8. The summed E-state index contributed by atoms with van der Waals surface area (Å²) in [6.07, 6.45) is 2.23. The Morgan fingerprint density at radius 3 is 2.48 bits per heavy atom. The number of amides is 2. The molecule has 2 rings (SSSR count). The molecule has 0 radical (unpaired) electrons. The summed E-state index contributed by atoms with van der Waals surface area (Å²) in [6.45, 7) is 15.8. The number of hydrogen-bond acceptors (Lipinski definition) is 2. The predicted octanol–water partition coefficient (Wildman–Crippen LogP) is 4.88. The van der Waals surface area contributed by atoms with Crippen molar-refractivity contribution in [2.45, 2.75) is 59.3 Å². The van der Waals surface area contributed by atoms with Gasteiger partial charge >= 0.3 is 6.03 Å². The third-order valence-corrected chi connectivity index (χ3v) is 5.02. The monoisotopic (exact) mass is 345 g/mol. The Balaban J connectivity index is 2.07. The molecule has 0 spiro atoms. The number of hydrogen-bond donors (Lipinski definition) is 1. The highest BCUT2D eigenvalue weighted by Gasteiger charge is 2.20. The molecule has 1 fully saturated rings. The van der Waals surface area contributed by atoms with E-state index in [2.05, 4.69) is 63.0 Å². The maximum atomic E-state index is 12.8. The second-order valence-electron chi connectivity index (χ2n) is 7.77. The third-order valence-electron chi connectivity index (χ3n) is 5.02. The van der Waals surface area contributed by atoms with Crippen LogP contribution in [0.4, 0.5) is 10.5 Å². The van der Waals surface area contributed by atoms with E-state index in [0.717, 1.165) is 44.8 Å². The van der Waals surface area contributed by atoms with Crippen molar-refractivity contribution in [3.8, 4) is 0 Å². The number of carbonyl (C=O) groups excluding carboxylic acids is 1. The highest BCUT2D eigenvalue weighted by Crippen LogP contribution is 2.28. The van der Waals surface area contributed by atoms with Crippen LogP contribution in [0, 0.1) is 0 Å². The van der Waals surface area contributed by atoms with E-state index in [1.807, 2.05) is 4.90 Å². The molecule has 0 saturated carbocycles. The van der Waals surface area contributed by atoms with Gasteiger partial charge in [0.25, 0.3) is 0 Å². The topological polar surface area (TPSA) is 35.6 Å². The van der Waals surface area contributed by atoms with Gasteiger partial charge in [0.15, 0.2) is 0 Å². The highest BCUT2D eigenvalue weighted by atomic mass is 16.2. The van der Waals surface area contributed by atoms with E-state index in [1.54, 1.807) is 0 Å². The van der Waals surface area contributed by atoms with Gasteiger partial charge < -0.3 is 15.1 Å². The maximum Gasteiger partial charge on any atom is 0.321 e. The van der Waals surface area contributed by atoms with Crippen molar-refractivity contribution < 1.29 is 4.79 Å². The van der Waals surface area contributed by atoms with Gasteiger partial charge in [0.05, 0.1) is 0 Å². The van der Waals surface area contributed by atoms with Crippen molar-refractivity contribution in [2.24, 2.45) is 0 Å². The Morgan fingerprint density at radius 1 is 1.08 bits per heavy atom. The number of rotatable bonds is 5. The molecule has 4 nitrogen and oxygen atoms in total. The summed E-state index contributed by atoms with van der Waals surface area (Å²) in [5.74, 6) is 0.885. The molecule has 0 unspecified atom stereocenters. The van der Waals surface area contributed by atoms with Crippen molar-refractivity contribution >= 4 is 11.7 Å². The van der Waals surface area contributed by atoms with Gasteiger partial charge in [-0.3, -0.25) is 0 Å². The van der Waals surface area contributed by atoms with Crippen LogP contribution in [0.15, 0.2) is 18.2 Å². The summed E-state index contributed by atoms with van der Waals surface area (Å²) in [6, 6.07) is 6.50. The van der Waals surface area contributed by atoms with Gasteiger partial charge in [0.2, 0.25) is 0 Å². The summed E-state index contributed by atoms with van der Waals surface area (Å²) in [4.78, 5) is 17.2. The first-order valence-corrected chi connectivity index (χ1v) is 9.84. The van der Waals surface area contributed by atoms with E-state index in [1.165, 1.54) is 17.5 Å². The summed E-state index contributed by atoms with van der Waals surface area (Å²) >= 11 is 0. The number of nitrogens with one attached hydrogen (secondary N) is 1. The van der Waals surface area contributed by atoms with Crippen LogP contribution in [-0.2, 0) is 0 Å². The molecule has 1 aliphatic heterocycles. The fourth-order valence-corrected chi connectivity index (χ4v) is 3.44. The Hall–Kier alpha value is -1.55. The van der Waals surface area contributed by atoms with Crippen LogP contribution >= 0.6 is 0 Å². The zero-order chi connectivity index (χ0) is 18.4. The van der Waals surface area contributed by atoms with Gasteiger partial charge in [0.1, 0.15) is 0 Å². The number of carbonyl (C=O) groups is 1. The van der Waals surface area contributed by atoms with Crippen LogP contribution < -0.4 is 5.32 Å². The van der Waals surface area contributed by atoms with Gasteiger partial charge in [-0.2, -0.15) is 0 Å². The van der Waals surface area contributed by atoms with Gasteiger partial charge in [-0.1, -0.05) is 46.8 Å². The first kappa shape index (κ1) is 19.8. The SMILES string of the molecule is CCCN1CCCN(C(=O)Nc2ccc(C(C)C)cc2C(C)C)CC1. The number of anilines is 1. The lowest BCUT2D eigenvalue weighted by atomic mass is 9.94. The largest absolute Gasteiger partial charge is 0.323 e. The average molecular weight is 346 g/mol. The van der Waals surface area contributed by atoms with Gasteiger partial charge in [-0.05, 0) is 55.0 Å². The quantitative estimate of drug-likeness (QED) is 0.825. The minimum atomic E-state index is 0.0394. The molecule has 1 aromatic carbocycles. The lowest BCUT2D eigenvalue weighted by Gasteiger charge is -2.24. The average Bonchev–Trinajstić information content (AvgIpc) is 2.81. The summed E-state index contributed by atoms with van der Waals surface area (Å²) < 4.78 is 0. The number of benzene rings is 1. The van der Waals surface area contributed by atoms with Crippen molar-refractivity contribution in [1.82, 2.24) is 9.80 Å². The fraction of sp³-hybridized carbons (Fsp3) is 0.667. The smallest absolute Gasteiger partial charge is 0.321 e. The van der Waals surface area contributed by atoms with Crippen LogP contribution in [0.2, 0.25) is 0 Å². The lowest BCUT2D eigenvalue weighted by molar-refractivity contribution is 0.211. The molecule has 140 valence electrons. The lowest BCUT2D eigenvalue weighted by Crippen LogP contribution is -2.38. The third kappa shape index (κ3) is 5.46. The summed E-state index contributed by atoms with van der Waals surface area (Å²) in [5, 5.41) is 3.17. The fourth-order valence-electron chi connectivity index (χ4n) is 3.44. The molecular formula is C21H35N3O. The minimum Gasteiger partial charge on any atom is -0.323 e. The van der Waals surface area contributed by atoms with Gasteiger partial charge in [-0.15, -0.1) is 0 Å². The first-order chi connectivity index (χ1) is 11.9. The van der Waals surface area contributed by atoms with E-state index < -0.39 is 0 Å². The Bertz CT molecular complexity index is 568. The molecule has 1 N–H and O–H groups in total. The van der Waals surface area contributed by atoms with Crippen LogP contribution in [0.1, 0.15) is 70.4 Å². The molecule has 1 heterocycles. The molecule has 0 aliphatic carbocycles. The summed E-state index contributed by atoms with van der Waals surface area (Å²) in [7, 11) is 0. The molecule has 4 heteroatoms. The molecule has 0 aromatic heterocycles.